The third-order valence-corrected chi connectivity index (χ3v) is 4.36. The number of nitrogens with zero attached hydrogens (tertiary/aromatic N) is 1. The zero-order valence-corrected chi connectivity index (χ0v) is 14.7. The summed E-state index contributed by atoms with van der Waals surface area (Å²) in [6.45, 7) is 1.62. The van der Waals surface area contributed by atoms with Crippen molar-refractivity contribution in [1.82, 2.24) is 4.98 Å². The Morgan fingerprint density at radius 2 is 1.65 bits per heavy atom. The van der Waals surface area contributed by atoms with Crippen LogP contribution in [0.5, 0.6) is 0 Å². The van der Waals surface area contributed by atoms with Crippen LogP contribution in [0.25, 0.3) is 22.3 Å². The Bertz CT molecular complexity index is 902. The molecule has 0 aliphatic carbocycles. The monoisotopic (exact) mass is 348 g/mol. The predicted octanol–water partition coefficient (Wildman–Crippen LogP) is 5.05. The Morgan fingerprint density at radius 1 is 1.00 bits per heavy atom. The fourth-order valence-electron chi connectivity index (χ4n) is 2.90. The molecule has 0 saturated heterocycles. The number of Topliss-reactive ketones (excluding diaryl/α,β-unsaturated/α-hetero) is 1. The van der Waals surface area contributed by atoms with Crippen molar-refractivity contribution in [2.45, 2.75) is 26.2 Å². The molecule has 3 nitrogen and oxygen atoms in total. The third-order valence-electron chi connectivity index (χ3n) is 4.36. The van der Waals surface area contributed by atoms with Crippen LogP contribution in [-0.4, -0.2) is 10.8 Å². The molecule has 0 fully saturated rings. The molecule has 1 aromatic heterocycles. The second kappa shape index (κ2) is 7.91. The van der Waals surface area contributed by atoms with Crippen molar-refractivity contribution in [2.24, 2.45) is 0 Å². The number of pyridine rings is 1. The standard InChI is InChI=1S/C22H21FN2O/c1-15(26)3-2-4-16-5-7-18(8-6-16)21-13-19(14-25-22(21)24)17-9-11-20(23)12-10-17/h5-14H,2-4H2,1H3,(H2,24,25). The molecule has 1 heterocycles. The topological polar surface area (TPSA) is 56.0 Å². The largest absolute Gasteiger partial charge is 0.383 e. The summed E-state index contributed by atoms with van der Waals surface area (Å²) < 4.78 is 13.1. The first-order valence-corrected chi connectivity index (χ1v) is 8.63. The van der Waals surface area contributed by atoms with Gasteiger partial charge >= 0.3 is 0 Å². The minimum Gasteiger partial charge on any atom is -0.383 e. The number of anilines is 1. The molecule has 0 aliphatic heterocycles. The van der Waals surface area contributed by atoms with Crippen molar-refractivity contribution in [3.05, 3.63) is 72.2 Å². The number of benzene rings is 2. The Kier molecular flexibility index (Phi) is 5.42. The molecular formula is C22H21FN2O. The van der Waals surface area contributed by atoms with Gasteiger partial charge in [-0.05, 0) is 54.7 Å². The molecule has 2 aromatic carbocycles. The molecule has 0 unspecified atom stereocenters. The first-order valence-electron chi connectivity index (χ1n) is 8.63. The van der Waals surface area contributed by atoms with E-state index in [9.17, 15) is 9.18 Å². The molecule has 0 amide bonds. The van der Waals surface area contributed by atoms with Crippen LogP contribution in [0.1, 0.15) is 25.3 Å². The summed E-state index contributed by atoms with van der Waals surface area (Å²) >= 11 is 0. The van der Waals surface area contributed by atoms with Crippen molar-refractivity contribution in [3.8, 4) is 22.3 Å². The molecule has 2 N–H and O–H groups in total. The highest BCUT2D eigenvalue weighted by Gasteiger charge is 2.08. The second-order valence-electron chi connectivity index (χ2n) is 6.42. The van der Waals surface area contributed by atoms with Crippen LogP contribution in [0, 0.1) is 5.82 Å². The first kappa shape index (κ1) is 17.8. The zero-order valence-electron chi connectivity index (χ0n) is 14.7. The van der Waals surface area contributed by atoms with Gasteiger partial charge in [-0.1, -0.05) is 36.4 Å². The highest BCUT2D eigenvalue weighted by molar-refractivity contribution is 5.79. The van der Waals surface area contributed by atoms with E-state index in [-0.39, 0.29) is 11.6 Å². The minimum atomic E-state index is -0.266. The van der Waals surface area contributed by atoms with E-state index in [1.54, 1.807) is 25.3 Å². The normalized spacial score (nSPS) is 10.7. The fraction of sp³-hybridized carbons (Fsp3) is 0.182. The van der Waals surface area contributed by atoms with Gasteiger partial charge in [-0.25, -0.2) is 9.37 Å². The van der Waals surface area contributed by atoms with Crippen LogP contribution in [0.2, 0.25) is 0 Å². The van der Waals surface area contributed by atoms with E-state index in [0.29, 0.717) is 12.2 Å². The Labute approximate surface area is 152 Å². The summed E-state index contributed by atoms with van der Waals surface area (Å²) in [6.07, 6.45) is 4.04. The lowest BCUT2D eigenvalue weighted by atomic mass is 9.99. The van der Waals surface area contributed by atoms with Crippen molar-refractivity contribution >= 4 is 11.6 Å². The van der Waals surface area contributed by atoms with Crippen LogP contribution >= 0.6 is 0 Å². The van der Waals surface area contributed by atoms with Gasteiger partial charge in [0, 0.05) is 23.7 Å². The minimum absolute atomic E-state index is 0.220. The summed E-state index contributed by atoms with van der Waals surface area (Å²) in [7, 11) is 0. The maximum atomic E-state index is 13.1. The van der Waals surface area contributed by atoms with E-state index in [1.807, 2.05) is 18.2 Å². The lowest BCUT2D eigenvalue weighted by molar-refractivity contribution is -0.117. The average Bonchev–Trinajstić information content (AvgIpc) is 2.63. The van der Waals surface area contributed by atoms with Crippen LogP contribution in [0.4, 0.5) is 10.2 Å². The predicted molar refractivity (Wildman–Crippen MR) is 103 cm³/mol. The van der Waals surface area contributed by atoms with Gasteiger partial charge < -0.3 is 10.5 Å². The molecule has 0 aliphatic rings. The molecule has 26 heavy (non-hydrogen) atoms. The number of aromatic nitrogens is 1. The van der Waals surface area contributed by atoms with Crippen molar-refractivity contribution in [2.75, 3.05) is 5.73 Å². The van der Waals surface area contributed by atoms with Gasteiger partial charge in [0.25, 0.3) is 0 Å². The molecule has 0 spiro atoms. The summed E-state index contributed by atoms with van der Waals surface area (Å²) in [5, 5.41) is 0. The SMILES string of the molecule is CC(=O)CCCc1ccc(-c2cc(-c3ccc(F)cc3)cnc2N)cc1. The molecule has 0 atom stereocenters. The average molecular weight is 348 g/mol. The first-order chi connectivity index (χ1) is 12.5. The molecule has 0 radical (unpaired) electrons. The van der Waals surface area contributed by atoms with Gasteiger partial charge in [0.2, 0.25) is 0 Å². The van der Waals surface area contributed by atoms with E-state index in [0.717, 1.165) is 35.1 Å². The lowest BCUT2D eigenvalue weighted by Crippen LogP contribution is -1.96. The summed E-state index contributed by atoms with van der Waals surface area (Å²) in [6, 6.07) is 16.4. The molecule has 3 aromatic rings. The zero-order chi connectivity index (χ0) is 18.5. The fourth-order valence-corrected chi connectivity index (χ4v) is 2.90. The van der Waals surface area contributed by atoms with Gasteiger partial charge in [-0.2, -0.15) is 0 Å². The number of carbonyl (C=O) groups is 1. The van der Waals surface area contributed by atoms with Crippen molar-refractivity contribution in [1.29, 1.82) is 0 Å². The highest BCUT2D eigenvalue weighted by atomic mass is 19.1. The Hall–Kier alpha value is -3.01. The van der Waals surface area contributed by atoms with Gasteiger partial charge in [0.15, 0.2) is 0 Å². The van der Waals surface area contributed by atoms with Gasteiger partial charge in [0.05, 0.1) is 0 Å². The molecular weight excluding hydrogens is 327 g/mol. The van der Waals surface area contributed by atoms with Gasteiger partial charge in [0.1, 0.15) is 17.4 Å². The Balaban J connectivity index is 1.83. The number of hydrogen-bond donors (Lipinski definition) is 1. The van der Waals surface area contributed by atoms with Crippen LogP contribution in [0.3, 0.4) is 0 Å². The number of rotatable bonds is 6. The Morgan fingerprint density at radius 3 is 2.31 bits per heavy atom. The second-order valence-corrected chi connectivity index (χ2v) is 6.42. The van der Waals surface area contributed by atoms with E-state index in [2.05, 4.69) is 17.1 Å². The summed E-state index contributed by atoms with van der Waals surface area (Å²) in [5.74, 6) is 0.413. The van der Waals surface area contributed by atoms with E-state index in [4.69, 9.17) is 5.73 Å². The highest BCUT2D eigenvalue weighted by Crippen LogP contribution is 2.30. The number of halogens is 1. The van der Waals surface area contributed by atoms with Crippen molar-refractivity contribution < 1.29 is 9.18 Å². The third kappa shape index (κ3) is 4.33. The van der Waals surface area contributed by atoms with E-state index in [1.165, 1.54) is 17.7 Å². The number of carbonyl (C=O) groups excluding carboxylic acids is 1. The van der Waals surface area contributed by atoms with Crippen molar-refractivity contribution in [3.63, 3.8) is 0 Å². The number of nitrogens with two attached hydrogens (primary N) is 1. The van der Waals surface area contributed by atoms with Crippen LogP contribution in [0.15, 0.2) is 60.8 Å². The number of aryl methyl sites for hydroxylation is 1. The van der Waals surface area contributed by atoms with Gasteiger partial charge in [-0.15, -0.1) is 0 Å². The molecule has 4 heteroatoms. The molecule has 0 bridgehead atoms. The number of hydrogen-bond acceptors (Lipinski definition) is 3. The summed E-state index contributed by atoms with van der Waals surface area (Å²) in [4.78, 5) is 15.3. The summed E-state index contributed by atoms with van der Waals surface area (Å²) in [5.41, 5.74) is 10.9. The van der Waals surface area contributed by atoms with Crippen LogP contribution < -0.4 is 5.73 Å². The van der Waals surface area contributed by atoms with E-state index >= 15 is 0 Å². The smallest absolute Gasteiger partial charge is 0.131 e. The lowest BCUT2D eigenvalue weighted by Gasteiger charge is -2.09. The quantitative estimate of drug-likeness (QED) is 0.678. The van der Waals surface area contributed by atoms with E-state index < -0.39 is 0 Å². The van der Waals surface area contributed by atoms with Gasteiger partial charge in [-0.3, -0.25) is 0 Å². The number of nitrogen functional groups attached to an aromatic ring is 1. The van der Waals surface area contributed by atoms with Crippen LogP contribution in [-0.2, 0) is 11.2 Å². The number of ketones is 1. The molecule has 0 saturated carbocycles. The molecule has 3 rings (SSSR count). The maximum Gasteiger partial charge on any atom is 0.131 e. The maximum absolute atomic E-state index is 13.1. The molecule has 132 valence electrons.